The van der Waals surface area contributed by atoms with E-state index in [-0.39, 0.29) is 12.3 Å². The summed E-state index contributed by atoms with van der Waals surface area (Å²) in [5, 5.41) is 9.11. The smallest absolute Gasteiger partial charge is 0.215 e. The van der Waals surface area contributed by atoms with Crippen molar-refractivity contribution in [3.63, 3.8) is 0 Å². The van der Waals surface area contributed by atoms with Crippen molar-refractivity contribution in [2.24, 2.45) is 5.10 Å². The summed E-state index contributed by atoms with van der Waals surface area (Å²) in [7, 11) is 0. The highest BCUT2D eigenvalue weighted by Gasteiger charge is 2.41. The largest absolute Gasteiger partial charge is 0.464 e. The van der Waals surface area contributed by atoms with Crippen LogP contribution in [-0.2, 0) is 0 Å². The minimum Gasteiger partial charge on any atom is -0.464 e. The first-order valence-corrected chi connectivity index (χ1v) is 9.72. The van der Waals surface area contributed by atoms with Crippen molar-refractivity contribution in [3.05, 3.63) is 80.7 Å². The molecular formula is C19H14BrN3OS. The minimum absolute atomic E-state index is 0.170. The van der Waals surface area contributed by atoms with E-state index < -0.39 is 0 Å². The van der Waals surface area contributed by atoms with E-state index in [9.17, 15) is 0 Å². The number of hydrogen-bond donors (Lipinski definition) is 0. The highest BCUT2D eigenvalue weighted by Crippen LogP contribution is 2.48. The molecule has 0 saturated carbocycles. The van der Waals surface area contributed by atoms with Gasteiger partial charge < -0.3 is 4.74 Å². The molecule has 25 heavy (non-hydrogen) atoms. The Morgan fingerprint density at radius 3 is 2.96 bits per heavy atom. The Hall–Kier alpha value is -2.18. The van der Waals surface area contributed by atoms with Gasteiger partial charge in [0.05, 0.1) is 16.6 Å². The van der Waals surface area contributed by atoms with Gasteiger partial charge in [-0.1, -0.05) is 28.1 Å². The maximum atomic E-state index is 6.31. The fraction of sp³-hybridized carbons (Fsp3) is 0.158. The molecule has 0 aliphatic carbocycles. The van der Waals surface area contributed by atoms with Crippen molar-refractivity contribution in [1.82, 2.24) is 9.99 Å². The number of hydrazone groups is 1. The summed E-state index contributed by atoms with van der Waals surface area (Å²) in [6.07, 6.45) is 4.25. The number of hydrogen-bond acceptors (Lipinski definition) is 5. The highest BCUT2D eigenvalue weighted by atomic mass is 79.9. The lowest BCUT2D eigenvalue weighted by atomic mass is 9.98. The average molecular weight is 412 g/mol. The van der Waals surface area contributed by atoms with Crippen LogP contribution >= 0.6 is 27.3 Å². The third-order valence-corrected chi connectivity index (χ3v) is 5.94. The van der Waals surface area contributed by atoms with Crippen molar-refractivity contribution in [3.8, 4) is 5.75 Å². The quantitative estimate of drug-likeness (QED) is 0.585. The van der Waals surface area contributed by atoms with E-state index in [1.165, 1.54) is 10.4 Å². The Balaban J connectivity index is 1.62. The maximum Gasteiger partial charge on any atom is 0.215 e. The molecule has 6 heteroatoms. The third-order valence-electron chi connectivity index (χ3n) is 4.53. The van der Waals surface area contributed by atoms with E-state index in [1.807, 2.05) is 30.5 Å². The number of rotatable bonds is 2. The number of halogens is 1. The zero-order valence-corrected chi connectivity index (χ0v) is 15.6. The molecule has 0 amide bonds. The molecule has 5 rings (SSSR count). The highest BCUT2D eigenvalue weighted by molar-refractivity contribution is 9.10. The Kier molecular flexibility index (Phi) is 3.60. The lowest BCUT2D eigenvalue weighted by Gasteiger charge is -2.38. The Labute approximate surface area is 157 Å². The van der Waals surface area contributed by atoms with Crippen molar-refractivity contribution < 1.29 is 4.74 Å². The lowest BCUT2D eigenvalue weighted by molar-refractivity contribution is -0.0192. The SMILES string of the molecule is Brc1ccc2c(c1)[C@H]1CC(c3cccs3)=NN1[C@@H](c1cccnc1)O2. The van der Waals surface area contributed by atoms with Crippen molar-refractivity contribution >= 4 is 33.0 Å². The number of aromatic nitrogens is 1. The van der Waals surface area contributed by atoms with Gasteiger partial charge in [0.1, 0.15) is 5.75 Å². The van der Waals surface area contributed by atoms with Gasteiger partial charge in [0, 0.05) is 34.4 Å². The number of thiophene rings is 1. The van der Waals surface area contributed by atoms with Gasteiger partial charge in [-0.25, -0.2) is 5.01 Å². The zero-order chi connectivity index (χ0) is 16.8. The van der Waals surface area contributed by atoms with Crippen LogP contribution in [0.3, 0.4) is 0 Å². The Morgan fingerprint density at radius 1 is 1.20 bits per heavy atom. The molecule has 2 aliphatic heterocycles. The predicted octanol–water partition coefficient (Wildman–Crippen LogP) is 5.15. The first-order valence-electron chi connectivity index (χ1n) is 8.05. The van der Waals surface area contributed by atoms with Crippen molar-refractivity contribution in [1.29, 1.82) is 0 Å². The summed E-state index contributed by atoms with van der Waals surface area (Å²) in [6, 6.07) is 14.5. The summed E-state index contributed by atoms with van der Waals surface area (Å²) in [4.78, 5) is 5.47. The van der Waals surface area contributed by atoms with Crippen LogP contribution in [0.1, 0.15) is 34.7 Å². The van der Waals surface area contributed by atoms with Crippen LogP contribution in [0.2, 0.25) is 0 Å². The van der Waals surface area contributed by atoms with Crippen LogP contribution in [-0.4, -0.2) is 15.7 Å². The van der Waals surface area contributed by atoms with E-state index in [2.05, 4.69) is 49.5 Å². The molecule has 4 heterocycles. The van der Waals surface area contributed by atoms with Crippen LogP contribution in [0.4, 0.5) is 0 Å². The first-order chi connectivity index (χ1) is 12.3. The summed E-state index contributed by atoms with van der Waals surface area (Å²) < 4.78 is 7.37. The van der Waals surface area contributed by atoms with Crippen LogP contribution in [0.15, 0.2) is 69.8 Å². The van der Waals surface area contributed by atoms with E-state index in [0.717, 1.165) is 27.9 Å². The van der Waals surface area contributed by atoms with Gasteiger partial charge in [-0.3, -0.25) is 4.98 Å². The van der Waals surface area contributed by atoms with Gasteiger partial charge in [0.2, 0.25) is 6.23 Å². The maximum absolute atomic E-state index is 6.31. The molecule has 2 aliphatic rings. The fourth-order valence-corrected chi connectivity index (χ4v) is 4.49. The van der Waals surface area contributed by atoms with E-state index >= 15 is 0 Å². The first kappa shape index (κ1) is 15.1. The molecule has 0 bridgehead atoms. The predicted molar refractivity (Wildman–Crippen MR) is 102 cm³/mol. The monoisotopic (exact) mass is 411 g/mol. The van der Waals surface area contributed by atoms with Gasteiger partial charge in [0.15, 0.2) is 0 Å². The molecule has 0 fully saturated rings. The Bertz CT molecular complexity index is 943. The number of ether oxygens (including phenoxy) is 1. The number of benzene rings is 1. The second-order valence-corrected chi connectivity index (χ2v) is 7.93. The van der Waals surface area contributed by atoms with Crippen LogP contribution in [0.25, 0.3) is 0 Å². The zero-order valence-electron chi connectivity index (χ0n) is 13.2. The van der Waals surface area contributed by atoms with Gasteiger partial charge in [0.25, 0.3) is 0 Å². The standard InChI is InChI=1S/C19H14BrN3OS/c20-13-5-6-17-14(9-13)16-10-15(18-4-2-8-25-18)22-23(16)19(24-17)12-3-1-7-21-11-12/h1-9,11,16,19H,10H2/t16-,19-/m1/s1. The Morgan fingerprint density at radius 2 is 2.16 bits per heavy atom. The van der Waals surface area contributed by atoms with Crippen LogP contribution in [0, 0.1) is 0 Å². The number of fused-ring (bicyclic) bond motifs is 3. The molecule has 2 atom stereocenters. The molecule has 0 saturated heterocycles. The molecule has 3 aromatic rings. The molecule has 124 valence electrons. The van der Waals surface area contributed by atoms with Crippen molar-refractivity contribution in [2.75, 3.05) is 0 Å². The van der Waals surface area contributed by atoms with E-state index in [0.29, 0.717) is 0 Å². The molecule has 2 aromatic heterocycles. The summed E-state index contributed by atoms with van der Waals surface area (Å²) in [6.45, 7) is 0. The third kappa shape index (κ3) is 2.56. The molecule has 1 aromatic carbocycles. The second kappa shape index (κ2) is 5.97. The minimum atomic E-state index is -0.259. The molecule has 0 N–H and O–H groups in total. The van der Waals surface area contributed by atoms with Gasteiger partial charge in [-0.2, -0.15) is 5.10 Å². The average Bonchev–Trinajstić information content (AvgIpc) is 3.31. The topological polar surface area (TPSA) is 37.7 Å². The van der Waals surface area contributed by atoms with E-state index in [1.54, 1.807) is 17.5 Å². The normalized spacial score (nSPS) is 21.3. The van der Waals surface area contributed by atoms with Crippen LogP contribution < -0.4 is 4.74 Å². The molecular weight excluding hydrogens is 398 g/mol. The lowest BCUT2D eigenvalue weighted by Crippen LogP contribution is -2.33. The van der Waals surface area contributed by atoms with Gasteiger partial charge >= 0.3 is 0 Å². The van der Waals surface area contributed by atoms with Gasteiger partial charge in [-0.15, -0.1) is 11.3 Å². The fourth-order valence-electron chi connectivity index (χ4n) is 3.39. The second-order valence-electron chi connectivity index (χ2n) is 6.06. The summed E-state index contributed by atoms with van der Waals surface area (Å²) in [5.41, 5.74) is 3.30. The number of nitrogens with zero attached hydrogens (tertiary/aromatic N) is 3. The molecule has 0 unspecified atom stereocenters. The van der Waals surface area contributed by atoms with Crippen molar-refractivity contribution in [2.45, 2.75) is 18.7 Å². The summed E-state index contributed by atoms with van der Waals surface area (Å²) >= 11 is 5.31. The van der Waals surface area contributed by atoms with E-state index in [4.69, 9.17) is 9.84 Å². The molecule has 4 nitrogen and oxygen atoms in total. The van der Waals surface area contributed by atoms with Gasteiger partial charge in [-0.05, 0) is 35.7 Å². The number of pyridine rings is 1. The summed E-state index contributed by atoms with van der Waals surface area (Å²) in [5.74, 6) is 0.918. The molecule has 0 radical (unpaired) electrons. The molecule has 0 spiro atoms. The van der Waals surface area contributed by atoms with Crippen LogP contribution in [0.5, 0.6) is 5.75 Å².